The Kier molecular flexibility index (Phi) is 4.02. The summed E-state index contributed by atoms with van der Waals surface area (Å²) in [5, 5.41) is 15.8. The van der Waals surface area contributed by atoms with Crippen LogP contribution in [-0.4, -0.2) is 42.1 Å². The predicted octanol–water partition coefficient (Wildman–Crippen LogP) is 1.56. The van der Waals surface area contributed by atoms with Crippen LogP contribution in [-0.2, 0) is 6.54 Å². The fourth-order valence-electron chi connectivity index (χ4n) is 2.61. The van der Waals surface area contributed by atoms with E-state index in [0.717, 1.165) is 11.3 Å². The van der Waals surface area contributed by atoms with Gasteiger partial charge < -0.3 is 10.5 Å². The second kappa shape index (κ2) is 6.63. The summed E-state index contributed by atoms with van der Waals surface area (Å²) in [6, 6.07) is 17.3. The molecule has 0 amide bonds. The van der Waals surface area contributed by atoms with Crippen LogP contribution in [0.25, 0.3) is 17.1 Å². The van der Waals surface area contributed by atoms with Crippen LogP contribution < -0.4 is 10.5 Å². The molecule has 2 aromatic carbocycles. The molecule has 2 heterocycles. The largest absolute Gasteiger partial charge is 0.494 e. The highest BCUT2D eigenvalue weighted by Gasteiger charge is 2.17. The molecule has 0 atom stereocenters. The molecular weight excluding hydrogens is 332 g/mol. The molecule has 0 unspecified atom stereocenters. The van der Waals surface area contributed by atoms with Gasteiger partial charge >= 0.3 is 0 Å². The first-order valence-corrected chi connectivity index (χ1v) is 7.92. The Labute approximate surface area is 149 Å². The summed E-state index contributed by atoms with van der Waals surface area (Å²) in [6.45, 7) is 0.275. The maximum atomic E-state index is 5.80. The highest BCUT2D eigenvalue weighted by atomic mass is 16.5. The third-order valence-corrected chi connectivity index (χ3v) is 3.87. The van der Waals surface area contributed by atoms with Gasteiger partial charge in [0.1, 0.15) is 18.0 Å². The van der Waals surface area contributed by atoms with Crippen molar-refractivity contribution < 1.29 is 4.74 Å². The number of ether oxygens (including phenoxy) is 1. The number of methoxy groups -OCH3 is 1. The van der Waals surface area contributed by atoms with Crippen molar-refractivity contribution in [3.05, 3.63) is 60.4 Å². The standard InChI is InChI=1S/C17H16N8O/c1-26-14-10-6-5-9-13(14)25-15(11-24-17(18)20-22-23-24)19-16(21-25)12-7-3-2-4-8-12/h2-10H,11H2,1H3,(H2,18,20,23). The summed E-state index contributed by atoms with van der Waals surface area (Å²) >= 11 is 0. The van der Waals surface area contributed by atoms with Crippen LogP contribution in [0.15, 0.2) is 54.6 Å². The van der Waals surface area contributed by atoms with Crippen molar-refractivity contribution in [3.63, 3.8) is 0 Å². The highest BCUT2D eigenvalue weighted by molar-refractivity contribution is 5.55. The molecule has 0 saturated carbocycles. The quantitative estimate of drug-likeness (QED) is 0.583. The minimum absolute atomic E-state index is 0.209. The molecule has 4 rings (SSSR count). The zero-order chi connectivity index (χ0) is 17.9. The monoisotopic (exact) mass is 348 g/mol. The normalized spacial score (nSPS) is 10.8. The Balaban J connectivity index is 1.85. The maximum absolute atomic E-state index is 5.80. The number of benzene rings is 2. The van der Waals surface area contributed by atoms with E-state index < -0.39 is 0 Å². The van der Waals surface area contributed by atoms with Crippen LogP contribution in [0.3, 0.4) is 0 Å². The molecule has 130 valence electrons. The van der Waals surface area contributed by atoms with E-state index in [1.54, 1.807) is 11.8 Å². The van der Waals surface area contributed by atoms with Gasteiger partial charge in [-0.15, -0.1) is 5.10 Å². The number of rotatable bonds is 5. The summed E-state index contributed by atoms with van der Waals surface area (Å²) in [7, 11) is 1.62. The van der Waals surface area contributed by atoms with Gasteiger partial charge in [0.25, 0.3) is 0 Å². The van der Waals surface area contributed by atoms with Crippen molar-refractivity contribution in [3.8, 4) is 22.8 Å². The highest BCUT2D eigenvalue weighted by Crippen LogP contribution is 2.25. The Morgan fingerprint density at radius 3 is 2.54 bits per heavy atom. The Bertz CT molecular complexity index is 1020. The maximum Gasteiger partial charge on any atom is 0.240 e. The Morgan fingerprint density at radius 2 is 1.81 bits per heavy atom. The number of nitrogens with two attached hydrogens (primary N) is 1. The van der Waals surface area contributed by atoms with Crippen molar-refractivity contribution in [1.82, 2.24) is 35.0 Å². The number of tetrazole rings is 1. The third kappa shape index (κ3) is 2.86. The molecule has 0 saturated heterocycles. The van der Waals surface area contributed by atoms with Crippen LogP contribution in [0.1, 0.15) is 5.82 Å². The number of aromatic nitrogens is 7. The van der Waals surface area contributed by atoms with Gasteiger partial charge in [-0.1, -0.05) is 47.6 Å². The van der Waals surface area contributed by atoms with Gasteiger partial charge in [0.05, 0.1) is 7.11 Å². The molecule has 0 aliphatic carbocycles. The topological polar surface area (TPSA) is 110 Å². The number of anilines is 1. The molecule has 26 heavy (non-hydrogen) atoms. The average molecular weight is 348 g/mol. The number of nitrogen functional groups attached to an aromatic ring is 1. The van der Waals surface area contributed by atoms with Crippen LogP contribution in [0.4, 0.5) is 5.95 Å². The molecule has 2 aromatic heterocycles. The van der Waals surface area contributed by atoms with Gasteiger partial charge in [-0.25, -0.2) is 14.3 Å². The van der Waals surface area contributed by atoms with E-state index in [0.29, 0.717) is 17.4 Å². The summed E-state index contributed by atoms with van der Waals surface area (Å²) in [5.41, 5.74) is 7.47. The molecule has 0 aliphatic rings. The number of para-hydroxylation sites is 2. The molecule has 9 heteroatoms. The Morgan fingerprint density at radius 1 is 1.04 bits per heavy atom. The smallest absolute Gasteiger partial charge is 0.240 e. The lowest BCUT2D eigenvalue weighted by Gasteiger charge is -2.10. The van der Waals surface area contributed by atoms with Gasteiger partial charge in [0.15, 0.2) is 11.6 Å². The molecule has 0 spiro atoms. The first-order valence-electron chi connectivity index (χ1n) is 7.92. The summed E-state index contributed by atoms with van der Waals surface area (Å²) in [5.74, 6) is 2.12. The predicted molar refractivity (Wildman–Crippen MR) is 94.7 cm³/mol. The molecular formula is C17H16N8O. The number of hydrogen-bond donors (Lipinski definition) is 1. The van der Waals surface area contributed by atoms with Gasteiger partial charge in [-0.3, -0.25) is 0 Å². The second-order valence-electron chi connectivity index (χ2n) is 5.50. The lowest BCUT2D eigenvalue weighted by atomic mass is 10.2. The van der Waals surface area contributed by atoms with Crippen molar-refractivity contribution >= 4 is 5.95 Å². The first-order chi connectivity index (χ1) is 12.8. The van der Waals surface area contributed by atoms with E-state index >= 15 is 0 Å². The second-order valence-corrected chi connectivity index (χ2v) is 5.50. The molecule has 0 fully saturated rings. The summed E-state index contributed by atoms with van der Waals surface area (Å²) in [6.07, 6.45) is 0. The van der Waals surface area contributed by atoms with Crippen molar-refractivity contribution in [1.29, 1.82) is 0 Å². The minimum atomic E-state index is 0.209. The van der Waals surface area contributed by atoms with Crippen LogP contribution in [0.5, 0.6) is 5.75 Å². The SMILES string of the molecule is COc1ccccc1-n1nc(-c2ccccc2)nc1Cn1nnnc1N. The van der Waals surface area contributed by atoms with Gasteiger partial charge in [-0.05, 0) is 22.6 Å². The van der Waals surface area contributed by atoms with E-state index in [-0.39, 0.29) is 12.5 Å². The van der Waals surface area contributed by atoms with Crippen LogP contribution in [0.2, 0.25) is 0 Å². The van der Waals surface area contributed by atoms with Crippen molar-refractivity contribution in [2.75, 3.05) is 12.8 Å². The van der Waals surface area contributed by atoms with Gasteiger partial charge in [0, 0.05) is 5.56 Å². The molecule has 9 nitrogen and oxygen atoms in total. The average Bonchev–Trinajstić information content (AvgIpc) is 3.29. The van der Waals surface area contributed by atoms with Crippen molar-refractivity contribution in [2.45, 2.75) is 6.54 Å². The minimum Gasteiger partial charge on any atom is -0.494 e. The zero-order valence-electron chi connectivity index (χ0n) is 14.0. The summed E-state index contributed by atoms with van der Waals surface area (Å²) in [4.78, 5) is 4.67. The Hall–Kier alpha value is -3.75. The van der Waals surface area contributed by atoms with Crippen LogP contribution in [0, 0.1) is 0 Å². The van der Waals surface area contributed by atoms with Gasteiger partial charge in [-0.2, -0.15) is 0 Å². The van der Waals surface area contributed by atoms with E-state index in [4.69, 9.17) is 10.5 Å². The molecule has 0 bridgehead atoms. The number of hydrogen-bond acceptors (Lipinski definition) is 7. The fourth-order valence-corrected chi connectivity index (χ4v) is 2.61. The van der Waals surface area contributed by atoms with E-state index in [2.05, 4.69) is 25.6 Å². The van der Waals surface area contributed by atoms with E-state index in [1.807, 2.05) is 54.6 Å². The van der Waals surface area contributed by atoms with Crippen molar-refractivity contribution in [2.24, 2.45) is 0 Å². The lowest BCUT2D eigenvalue weighted by molar-refractivity contribution is 0.411. The molecule has 0 aliphatic heterocycles. The third-order valence-electron chi connectivity index (χ3n) is 3.87. The zero-order valence-corrected chi connectivity index (χ0v) is 14.0. The first kappa shape index (κ1) is 15.8. The molecule has 4 aromatic rings. The fraction of sp³-hybridized carbons (Fsp3) is 0.118. The summed E-state index contributed by atoms with van der Waals surface area (Å²) < 4.78 is 8.66. The van der Waals surface area contributed by atoms with E-state index in [1.165, 1.54) is 4.68 Å². The molecule has 2 N–H and O–H groups in total. The van der Waals surface area contributed by atoms with Crippen LogP contribution >= 0.6 is 0 Å². The van der Waals surface area contributed by atoms with Gasteiger partial charge in [0.2, 0.25) is 5.95 Å². The molecule has 0 radical (unpaired) electrons. The number of nitrogens with zero attached hydrogens (tertiary/aromatic N) is 7. The lowest BCUT2D eigenvalue weighted by Crippen LogP contribution is -2.12. The van der Waals surface area contributed by atoms with E-state index in [9.17, 15) is 0 Å².